The van der Waals surface area contributed by atoms with Crippen LogP contribution in [0.15, 0.2) is 206 Å². The van der Waals surface area contributed by atoms with Crippen LogP contribution in [0.1, 0.15) is 45.9 Å². The summed E-state index contributed by atoms with van der Waals surface area (Å²) in [7, 11) is -0.0531. The molecule has 0 aliphatic carbocycles. The van der Waals surface area contributed by atoms with Gasteiger partial charge in [0.15, 0.2) is 18.9 Å². The van der Waals surface area contributed by atoms with Crippen molar-refractivity contribution in [2.75, 3.05) is 33.5 Å². The van der Waals surface area contributed by atoms with Gasteiger partial charge in [0.1, 0.15) is 78.9 Å². The van der Waals surface area contributed by atoms with Gasteiger partial charge in [0.05, 0.1) is 73.2 Å². The predicted molar refractivity (Wildman–Crippen MR) is 354 cm³/mol. The highest BCUT2D eigenvalue weighted by Gasteiger charge is 2.57. The second-order valence-corrected chi connectivity index (χ2v) is 30.7. The fourth-order valence-corrected chi connectivity index (χ4v) is 12.3. The number of ether oxygens (including phenoxy) is 14. The molecule has 3 aliphatic heterocycles. The molecule has 0 unspecified atom stereocenters. The van der Waals surface area contributed by atoms with Crippen LogP contribution in [0, 0.1) is 0 Å². The molecule has 7 aromatic rings. The standard InChI is InChI=1S/C75H91NO17Si/c1-52(78)76-64-68(85-49-59-36-38-60(80-2)39-37-59)65(79)61(42-77)89-73(64)93-70-66(84-45-55-28-16-8-17-29-55)62(50-81-43-53-24-12-6-13-25-53)91-75(72(70)88-48-58-34-22-11-23-35-58)92-67-63(51-82-44-54-26-14-7-15-27-54)90-74(83-40-41-94(3,4)5)71(87-47-57-32-20-10-21-33-57)69(67)86-46-56-30-18-9-19-31-56/h6-39,61-75,77,79H,40-51H2,1-5H3,(H,76,78)/t61-,62-,63-,64-,65-,66+,67-,68-,69+,70+,71-,72-,73+,74-,75+/m1/s1. The number of hydrogen-bond acceptors (Lipinski definition) is 17. The second kappa shape index (κ2) is 36.0. The van der Waals surface area contributed by atoms with Gasteiger partial charge >= 0.3 is 0 Å². The third-order valence-corrected chi connectivity index (χ3v) is 18.4. The van der Waals surface area contributed by atoms with Crippen LogP contribution in [0.2, 0.25) is 25.7 Å². The topological polar surface area (TPSA) is 199 Å². The van der Waals surface area contributed by atoms with E-state index < -0.39 is 113 Å². The monoisotopic (exact) mass is 1310 g/mol. The number of aliphatic hydroxyl groups is 2. The summed E-state index contributed by atoms with van der Waals surface area (Å²) in [6, 6.07) is 65.9. The Bertz CT molecular complexity index is 3250. The quantitative estimate of drug-likeness (QED) is 0.0322. The third kappa shape index (κ3) is 20.7. The van der Waals surface area contributed by atoms with E-state index in [1.165, 1.54) is 6.92 Å². The zero-order chi connectivity index (χ0) is 65.5. The van der Waals surface area contributed by atoms with Crippen molar-refractivity contribution in [1.82, 2.24) is 5.32 Å². The van der Waals surface area contributed by atoms with Gasteiger partial charge in [-0.05, 0) is 57.1 Å². The minimum atomic E-state index is -1.64. The van der Waals surface area contributed by atoms with Crippen LogP contribution in [0.4, 0.5) is 0 Å². The summed E-state index contributed by atoms with van der Waals surface area (Å²) in [4.78, 5) is 13.6. The second-order valence-electron chi connectivity index (χ2n) is 25.1. The molecule has 3 heterocycles. The maximum absolute atomic E-state index is 13.6. The first kappa shape index (κ1) is 70.2. The predicted octanol–water partition coefficient (Wildman–Crippen LogP) is 10.5. The molecule has 1 amide bonds. The van der Waals surface area contributed by atoms with E-state index in [1.807, 2.05) is 194 Å². The van der Waals surface area contributed by atoms with Crippen LogP contribution >= 0.6 is 0 Å². The number of amides is 1. The van der Waals surface area contributed by atoms with Gasteiger partial charge in [0.25, 0.3) is 0 Å². The number of rotatable bonds is 34. The van der Waals surface area contributed by atoms with Gasteiger partial charge < -0.3 is 81.8 Å². The van der Waals surface area contributed by atoms with Crippen LogP contribution in [0.3, 0.4) is 0 Å². The lowest BCUT2D eigenvalue weighted by atomic mass is 9.94. The summed E-state index contributed by atoms with van der Waals surface area (Å²) in [5, 5.41) is 26.2. The van der Waals surface area contributed by atoms with E-state index in [4.69, 9.17) is 66.3 Å². The maximum Gasteiger partial charge on any atom is 0.217 e. The zero-order valence-electron chi connectivity index (χ0n) is 54.3. The van der Waals surface area contributed by atoms with Gasteiger partial charge in [-0.25, -0.2) is 0 Å². The third-order valence-electron chi connectivity index (χ3n) is 16.7. The lowest BCUT2D eigenvalue weighted by Crippen LogP contribution is -2.69. The Hall–Kier alpha value is -6.57. The maximum atomic E-state index is 13.6. The van der Waals surface area contributed by atoms with Crippen molar-refractivity contribution >= 4 is 14.0 Å². The van der Waals surface area contributed by atoms with Crippen LogP contribution in [-0.2, 0) is 113 Å². The van der Waals surface area contributed by atoms with Crippen molar-refractivity contribution in [3.8, 4) is 5.75 Å². The van der Waals surface area contributed by atoms with E-state index in [-0.39, 0.29) is 59.5 Å². The molecule has 3 fully saturated rings. The molecule has 0 aromatic heterocycles. The molecule has 15 atom stereocenters. The van der Waals surface area contributed by atoms with E-state index in [0.717, 1.165) is 45.0 Å². The number of aliphatic hydroxyl groups excluding tert-OH is 2. The SMILES string of the molecule is COc1ccc(CO[C@H]2[C@H](O)[C@@H](CO)O[C@@H](O[C@H]3[C@@H](OCc4ccccc4)[C@@H](COCc4ccccc4)O[C@@H](O[C@H]4[C@H](OCc5ccccc5)[C@@H](OCc5ccccc5)[C@H](OCC[Si](C)(C)C)O[C@@H]4COCc4ccccc4)[C@@H]3OCc3ccccc3)[C@@H]2NC(C)=O)cc1. The normalized spacial score (nSPS) is 26.4. The van der Waals surface area contributed by atoms with Gasteiger partial charge in [-0.15, -0.1) is 0 Å². The Morgan fingerprint density at radius 3 is 1.23 bits per heavy atom. The van der Waals surface area contributed by atoms with E-state index >= 15 is 0 Å². The van der Waals surface area contributed by atoms with Gasteiger partial charge in [-0.3, -0.25) is 4.79 Å². The smallest absolute Gasteiger partial charge is 0.217 e. The van der Waals surface area contributed by atoms with Crippen LogP contribution in [0.25, 0.3) is 0 Å². The molecule has 0 radical (unpaired) electrons. The number of carbonyl (C=O) groups is 1. The molecule has 19 heteroatoms. The number of nitrogens with one attached hydrogen (secondary N) is 1. The molecule has 3 N–H and O–H groups in total. The highest BCUT2D eigenvalue weighted by atomic mass is 28.3. The minimum Gasteiger partial charge on any atom is -0.497 e. The number of carbonyl (C=O) groups excluding carboxylic acids is 1. The molecular formula is C75H91NO17Si. The summed E-state index contributed by atoms with van der Waals surface area (Å²) < 4.78 is 97.5. The molecule has 3 saturated heterocycles. The molecule has 7 aromatic carbocycles. The summed E-state index contributed by atoms with van der Waals surface area (Å²) >= 11 is 0. The van der Waals surface area contributed by atoms with Gasteiger partial charge in [-0.1, -0.05) is 214 Å². The van der Waals surface area contributed by atoms with E-state index in [9.17, 15) is 15.0 Å². The fourth-order valence-electron chi connectivity index (χ4n) is 11.6. The van der Waals surface area contributed by atoms with Crippen molar-refractivity contribution in [3.63, 3.8) is 0 Å². The Labute approximate surface area is 553 Å². The summed E-state index contributed by atoms with van der Waals surface area (Å²) in [5.74, 6) is 0.186. The molecule has 502 valence electrons. The highest BCUT2D eigenvalue weighted by Crippen LogP contribution is 2.39. The molecule has 94 heavy (non-hydrogen) atoms. The molecule has 3 aliphatic rings. The molecule has 10 rings (SSSR count). The fraction of sp³-hybridized carbons (Fsp3) is 0.427. The number of hydrogen-bond donors (Lipinski definition) is 3. The van der Waals surface area contributed by atoms with Crippen LogP contribution in [0.5, 0.6) is 5.75 Å². The largest absolute Gasteiger partial charge is 0.497 e. The highest BCUT2D eigenvalue weighted by molar-refractivity contribution is 6.76. The molecule has 0 saturated carbocycles. The van der Waals surface area contributed by atoms with E-state index in [1.54, 1.807) is 19.2 Å². The molecule has 0 spiro atoms. The van der Waals surface area contributed by atoms with Gasteiger partial charge in [0, 0.05) is 21.6 Å². The van der Waals surface area contributed by atoms with Crippen molar-refractivity contribution in [1.29, 1.82) is 0 Å². The summed E-state index contributed by atoms with van der Waals surface area (Å²) in [5.41, 5.74) is 6.13. The average molecular weight is 1310 g/mol. The van der Waals surface area contributed by atoms with Crippen molar-refractivity contribution < 1.29 is 81.3 Å². The van der Waals surface area contributed by atoms with Crippen molar-refractivity contribution in [2.45, 2.75) is 171 Å². The first-order valence-electron chi connectivity index (χ1n) is 32.4. The van der Waals surface area contributed by atoms with Crippen molar-refractivity contribution in [3.05, 3.63) is 245 Å². The lowest BCUT2D eigenvalue weighted by Gasteiger charge is -2.51. The molecule has 18 nitrogen and oxygen atoms in total. The van der Waals surface area contributed by atoms with Crippen LogP contribution < -0.4 is 10.1 Å². The Kier molecular flexibility index (Phi) is 26.9. The summed E-state index contributed by atoms with van der Waals surface area (Å²) in [6.45, 7) is 8.89. The summed E-state index contributed by atoms with van der Waals surface area (Å²) in [6.07, 6.45) is -16.0. The molecule has 0 bridgehead atoms. The number of methoxy groups -OCH3 is 1. The lowest BCUT2D eigenvalue weighted by molar-refractivity contribution is -0.389. The van der Waals surface area contributed by atoms with Crippen LogP contribution in [-0.4, -0.2) is 150 Å². The Balaban J connectivity index is 1.10. The average Bonchev–Trinajstić information content (AvgIpc) is 0.771. The van der Waals surface area contributed by atoms with Crippen molar-refractivity contribution in [2.24, 2.45) is 0 Å². The Morgan fingerprint density at radius 2 is 0.798 bits per heavy atom. The number of benzene rings is 7. The van der Waals surface area contributed by atoms with Gasteiger partial charge in [0.2, 0.25) is 5.91 Å². The molecular weight excluding hydrogens is 1210 g/mol. The zero-order valence-corrected chi connectivity index (χ0v) is 55.3. The first-order chi connectivity index (χ1) is 45.9. The Morgan fingerprint density at radius 1 is 0.426 bits per heavy atom. The van der Waals surface area contributed by atoms with Gasteiger partial charge in [-0.2, -0.15) is 0 Å². The first-order valence-corrected chi connectivity index (χ1v) is 36.1. The van der Waals surface area contributed by atoms with E-state index in [2.05, 4.69) is 25.0 Å². The van der Waals surface area contributed by atoms with E-state index in [0.29, 0.717) is 12.4 Å². The minimum absolute atomic E-state index is 0.000220.